The van der Waals surface area contributed by atoms with Crippen molar-refractivity contribution in [2.24, 2.45) is 0 Å². The summed E-state index contributed by atoms with van der Waals surface area (Å²) in [5.41, 5.74) is 12.5. The van der Waals surface area contributed by atoms with Crippen LogP contribution in [0.2, 0.25) is 0 Å². The second-order valence-electron chi connectivity index (χ2n) is 15.8. The van der Waals surface area contributed by atoms with Crippen molar-refractivity contribution >= 4 is 27.8 Å². The van der Waals surface area contributed by atoms with Crippen molar-refractivity contribution < 1.29 is 9.60 Å². The Morgan fingerprint density at radius 2 is 0.689 bits per heavy atom. The lowest BCUT2D eigenvalue weighted by atomic mass is 9.67. The molecule has 2 aliphatic rings. The molecule has 0 radical (unpaired) electrons. The van der Waals surface area contributed by atoms with Gasteiger partial charge < -0.3 is 4.90 Å². The fourth-order valence-corrected chi connectivity index (χ4v) is 10.4. The van der Waals surface area contributed by atoms with E-state index < -0.39 is 35.0 Å². The van der Waals surface area contributed by atoms with Gasteiger partial charge in [0.2, 0.25) is 0 Å². The average Bonchev–Trinajstić information content (AvgIpc) is 3.86. The molecular formula is C60H41N. The lowest BCUT2D eigenvalue weighted by Gasteiger charge is -2.36. The van der Waals surface area contributed by atoms with Crippen LogP contribution in [0, 0.1) is 0 Å². The first-order valence-electron chi connectivity index (χ1n) is 24.2. The number of hydrogen-bond acceptors (Lipinski definition) is 1. The van der Waals surface area contributed by atoms with Crippen LogP contribution in [0.1, 0.15) is 54.1 Å². The molecule has 0 bridgehead atoms. The van der Waals surface area contributed by atoms with E-state index in [0.29, 0.717) is 11.4 Å². The Kier molecular flexibility index (Phi) is 6.54. The molecule has 2 aliphatic carbocycles. The van der Waals surface area contributed by atoms with Gasteiger partial charge in [0.25, 0.3) is 0 Å². The fourth-order valence-electron chi connectivity index (χ4n) is 10.4. The first-order valence-corrected chi connectivity index (χ1v) is 20.7. The molecule has 10 aromatic rings. The van der Waals surface area contributed by atoms with Gasteiger partial charge in [0, 0.05) is 17.1 Å². The molecule has 1 heteroatoms. The lowest BCUT2D eigenvalue weighted by Crippen LogP contribution is -2.29. The molecule has 0 amide bonds. The molecule has 0 aromatic heterocycles. The summed E-state index contributed by atoms with van der Waals surface area (Å²) < 4.78 is 64.6. The molecule has 0 saturated heterocycles. The second-order valence-corrected chi connectivity index (χ2v) is 15.8. The molecule has 10 aromatic carbocycles. The van der Waals surface area contributed by atoms with Gasteiger partial charge in [-0.05, 0) is 114 Å². The van der Waals surface area contributed by atoms with Gasteiger partial charge in [-0.3, -0.25) is 0 Å². The maximum atomic E-state index is 10.0. The summed E-state index contributed by atoms with van der Waals surface area (Å²) in [6.07, 6.45) is 0. The van der Waals surface area contributed by atoms with E-state index in [1.165, 1.54) is 0 Å². The summed E-state index contributed by atoms with van der Waals surface area (Å²) >= 11 is 0. The van der Waals surface area contributed by atoms with E-state index in [2.05, 4.69) is 170 Å². The van der Waals surface area contributed by atoms with Crippen LogP contribution in [0.4, 0.5) is 17.1 Å². The van der Waals surface area contributed by atoms with Crippen molar-refractivity contribution in [1.29, 1.82) is 0 Å². The number of rotatable bonds is 7. The first-order chi connectivity index (χ1) is 33.2. The van der Waals surface area contributed by atoms with E-state index in [1.807, 2.05) is 41.3 Å². The van der Waals surface area contributed by atoms with Crippen molar-refractivity contribution in [2.45, 2.75) is 10.8 Å². The van der Waals surface area contributed by atoms with Crippen molar-refractivity contribution in [3.05, 3.63) is 293 Å². The summed E-state index contributed by atoms with van der Waals surface area (Å²) in [5.74, 6) is 0. The normalized spacial score (nSPS) is 15.4. The Hall–Kier alpha value is -7.74. The van der Waals surface area contributed by atoms with Gasteiger partial charge in [-0.15, -0.1) is 0 Å². The maximum absolute atomic E-state index is 10.0. The molecule has 0 aliphatic heterocycles. The molecule has 0 spiro atoms. The predicted octanol–water partition coefficient (Wildman–Crippen LogP) is 15.0. The third-order valence-corrected chi connectivity index (χ3v) is 12.9. The number of hydrogen-bond donors (Lipinski definition) is 0. The Morgan fingerprint density at radius 1 is 0.311 bits per heavy atom. The van der Waals surface area contributed by atoms with Crippen LogP contribution < -0.4 is 4.90 Å². The first kappa shape index (κ1) is 28.6. The summed E-state index contributed by atoms with van der Waals surface area (Å²) in [4.78, 5) is 1.87. The molecule has 1 nitrogen and oxygen atoms in total. The van der Waals surface area contributed by atoms with E-state index >= 15 is 0 Å². The van der Waals surface area contributed by atoms with E-state index in [1.54, 1.807) is 0 Å². The zero-order chi connectivity index (χ0) is 46.5. The van der Waals surface area contributed by atoms with Crippen LogP contribution in [-0.4, -0.2) is 0 Å². The minimum absolute atomic E-state index is 0.0356. The SMILES string of the molecule is [2H]c1c([2H])c([2H])c2c([2H])c(N(c3ccc4c(c3)C(c3ccccc3)(c3ccccc3)c3ccccc3-4)c3ccc4c(c3)C(c3ccccc3)(c3ccccc3)c3ccccc3-4)c([2H])c([2H])c2c1[2H]. The van der Waals surface area contributed by atoms with Crippen molar-refractivity contribution in [2.75, 3.05) is 4.90 Å². The summed E-state index contributed by atoms with van der Waals surface area (Å²) in [7, 11) is 0. The zero-order valence-electron chi connectivity index (χ0n) is 40.1. The molecule has 0 N–H and O–H groups in total. The van der Waals surface area contributed by atoms with Gasteiger partial charge in [0.05, 0.1) is 20.4 Å². The van der Waals surface area contributed by atoms with Gasteiger partial charge in [0.15, 0.2) is 0 Å². The smallest absolute Gasteiger partial charge is 0.0714 e. The van der Waals surface area contributed by atoms with Crippen molar-refractivity contribution in [1.82, 2.24) is 0 Å². The molecular weight excluding hydrogens is 735 g/mol. The highest BCUT2D eigenvalue weighted by atomic mass is 15.1. The minimum Gasteiger partial charge on any atom is -0.310 e. The Labute approximate surface area is 367 Å². The maximum Gasteiger partial charge on any atom is 0.0714 e. The molecule has 12 rings (SSSR count). The molecule has 0 saturated carbocycles. The number of benzene rings is 10. The van der Waals surface area contributed by atoms with Gasteiger partial charge in [-0.2, -0.15) is 0 Å². The largest absolute Gasteiger partial charge is 0.310 e. The highest BCUT2D eigenvalue weighted by Gasteiger charge is 2.48. The zero-order valence-corrected chi connectivity index (χ0v) is 33.1. The molecule has 0 unspecified atom stereocenters. The Bertz CT molecular complexity index is 3390. The predicted molar refractivity (Wildman–Crippen MR) is 253 cm³/mol. The van der Waals surface area contributed by atoms with Crippen molar-refractivity contribution in [3.63, 3.8) is 0 Å². The molecule has 286 valence electrons. The van der Waals surface area contributed by atoms with Crippen LogP contribution in [0.3, 0.4) is 0 Å². The van der Waals surface area contributed by atoms with E-state index in [-0.39, 0.29) is 34.6 Å². The third-order valence-electron chi connectivity index (χ3n) is 12.9. The highest BCUT2D eigenvalue weighted by Crippen LogP contribution is 2.59. The van der Waals surface area contributed by atoms with E-state index in [0.717, 1.165) is 66.8 Å². The third kappa shape index (κ3) is 5.14. The van der Waals surface area contributed by atoms with Gasteiger partial charge in [-0.25, -0.2) is 0 Å². The molecule has 0 atom stereocenters. The van der Waals surface area contributed by atoms with Gasteiger partial charge in [0.1, 0.15) is 0 Å². The van der Waals surface area contributed by atoms with E-state index in [9.17, 15) is 4.11 Å². The van der Waals surface area contributed by atoms with Crippen LogP contribution in [0.25, 0.3) is 33.0 Å². The van der Waals surface area contributed by atoms with Crippen LogP contribution in [0.5, 0.6) is 0 Å². The Morgan fingerprint density at radius 3 is 1.13 bits per heavy atom. The molecule has 61 heavy (non-hydrogen) atoms. The second kappa shape index (κ2) is 13.9. The van der Waals surface area contributed by atoms with Crippen molar-refractivity contribution in [3.8, 4) is 22.3 Å². The van der Waals surface area contributed by atoms with Gasteiger partial charge >= 0.3 is 0 Å². The molecule has 0 heterocycles. The highest BCUT2D eigenvalue weighted by molar-refractivity contribution is 5.94. The monoisotopic (exact) mass is 782 g/mol. The average molecular weight is 783 g/mol. The quantitative estimate of drug-likeness (QED) is 0.156. The fraction of sp³-hybridized carbons (Fsp3) is 0.0333. The topological polar surface area (TPSA) is 3.24 Å². The molecule has 0 fully saturated rings. The van der Waals surface area contributed by atoms with E-state index in [4.69, 9.17) is 5.48 Å². The number of nitrogens with zero attached hydrogens (tertiary/aromatic N) is 1. The number of fused-ring (bicyclic) bond motifs is 7. The minimum atomic E-state index is -0.776. The summed E-state index contributed by atoms with van der Waals surface area (Å²) in [5, 5.41) is -0.257. The Balaban J connectivity index is 1.21. The summed E-state index contributed by atoms with van der Waals surface area (Å²) in [6, 6.07) is 68.7. The summed E-state index contributed by atoms with van der Waals surface area (Å²) in [6.45, 7) is 0. The van der Waals surface area contributed by atoms with Crippen LogP contribution >= 0.6 is 0 Å². The van der Waals surface area contributed by atoms with Crippen LogP contribution in [-0.2, 0) is 10.8 Å². The number of anilines is 3. The lowest BCUT2D eigenvalue weighted by molar-refractivity contribution is 0.767. The standard InChI is InChI=1S/C60H41N/c1-5-21-44(22-6-1)59(45-23-7-2-8-24-45)55-31-17-15-29-51(55)53-37-35-49(40-57(53)59)61(48-34-33-42-19-13-14-20-43(42)39-48)50-36-38-54-52-30-16-18-32-56(52)60(58(54)41-50,46-25-9-3-10-26-46)47-27-11-4-12-28-47/h1-41H/i13D,14D,19D,20D,33D,34D,39D. The van der Waals surface area contributed by atoms with Crippen LogP contribution in [0.15, 0.2) is 249 Å². The van der Waals surface area contributed by atoms with Gasteiger partial charge in [-0.1, -0.05) is 212 Å².